The van der Waals surface area contributed by atoms with Gasteiger partial charge in [-0.2, -0.15) is 0 Å². The first-order valence-corrected chi connectivity index (χ1v) is 7.72. The fraction of sp³-hybridized carbons (Fsp3) is 0.647. The van der Waals surface area contributed by atoms with Gasteiger partial charge in [0.15, 0.2) is 0 Å². The van der Waals surface area contributed by atoms with Gasteiger partial charge >= 0.3 is 0 Å². The highest BCUT2D eigenvalue weighted by Crippen LogP contribution is 2.31. The van der Waals surface area contributed by atoms with Gasteiger partial charge in [0, 0.05) is 25.7 Å². The van der Waals surface area contributed by atoms with E-state index in [0.29, 0.717) is 12.6 Å². The van der Waals surface area contributed by atoms with Crippen molar-refractivity contribution in [2.75, 3.05) is 19.6 Å². The lowest BCUT2D eigenvalue weighted by Crippen LogP contribution is -2.32. The van der Waals surface area contributed by atoms with Crippen molar-refractivity contribution >= 4 is 0 Å². The summed E-state index contributed by atoms with van der Waals surface area (Å²) in [5, 5.41) is 0. The Hall–Kier alpha value is -1.06. The molecule has 0 amide bonds. The van der Waals surface area contributed by atoms with Crippen LogP contribution in [0.15, 0.2) is 24.3 Å². The molecule has 1 aromatic rings. The van der Waals surface area contributed by atoms with Gasteiger partial charge in [-0.15, -0.1) is 0 Å². The molecule has 0 spiro atoms. The number of ether oxygens (including phenoxy) is 1. The molecule has 3 unspecified atom stereocenters. The van der Waals surface area contributed by atoms with Crippen LogP contribution in [0.2, 0.25) is 0 Å². The maximum atomic E-state index is 6.04. The molecular weight excluding hydrogens is 248 g/mol. The van der Waals surface area contributed by atoms with Crippen LogP contribution in [-0.2, 0) is 0 Å². The number of likely N-dealkylation sites (tertiary alicyclic amines) is 1. The predicted molar refractivity (Wildman–Crippen MR) is 83.9 cm³/mol. The van der Waals surface area contributed by atoms with E-state index in [4.69, 9.17) is 10.5 Å². The quantitative estimate of drug-likeness (QED) is 0.898. The summed E-state index contributed by atoms with van der Waals surface area (Å²) in [6, 6.07) is 8.70. The molecular formula is C17H28N2O. The highest BCUT2D eigenvalue weighted by molar-refractivity contribution is 5.31. The van der Waals surface area contributed by atoms with Crippen molar-refractivity contribution in [3.8, 4) is 5.75 Å². The normalized spacial score (nSPS) is 25.1. The summed E-state index contributed by atoms with van der Waals surface area (Å²) in [6.07, 6.45) is 0.202. The highest BCUT2D eigenvalue weighted by Gasteiger charge is 2.31. The maximum absolute atomic E-state index is 6.04. The number of benzene rings is 1. The molecule has 3 nitrogen and oxygen atoms in total. The molecule has 0 saturated carbocycles. The molecule has 3 heteroatoms. The van der Waals surface area contributed by atoms with E-state index in [-0.39, 0.29) is 6.10 Å². The fourth-order valence-electron chi connectivity index (χ4n) is 2.99. The second kappa shape index (κ2) is 6.59. The van der Waals surface area contributed by atoms with Crippen LogP contribution < -0.4 is 10.5 Å². The third-order valence-corrected chi connectivity index (χ3v) is 4.30. The number of rotatable bonds is 5. The molecule has 1 fully saturated rings. The van der Waals surface area contributed by atoms with Crippen molar-refractivity contribution in [2.45, 2.75) is 39.8 Å². The minimum atomic E-state index is 0.202. The molecule has 1 aromatic carbocycles. The van der Waals surface area contributed by atoms with E-state index >= 15 is 0 Å². The molecule has 1 heterocycles. The summed E-state index contributed by atoms with van der Waals surface area (Å²) in [4.78, 5) is 2.52. The first-order chi connectivity index (χ1) is 9.51. The number of hydrogen-bond donors (Lipinski definition) is 1. The Labute approximate surface area is 123 Å². The molecule has 0 aromatic heterocycles. The van der Waals surface area contributed by atoms with E-state index < -0.39 is 0 Å². The maximum Gasteiger partial charge on any atom is 0.120 e. The van der Waals surface area contributed by atoms with Crippen LogP contribution in [0.4, 0.5) is 0 Å². The summed E-state index contributed by atoms with van der Waals surface area (Å²) in [7, 11) is 0. The van der Waals surface area contributed by atoms with E-state index in [2.05, 4.69) is 50.8 Å². The van der Waals surface area contributed by atoms with Crippen LogP contribution in [0.3, 0.4) is 0 Å². The SMILES string of the molecule is CC(C)Oc1cccc(C(CN)N2CC(C)C(C)C2)c1. The summed E-state index contributed by atoms with van der Waals surface area (Å²) in [5.41, 5.74) is 7.31. The number of nitrogens with zero attached hydrogens (tertiary/aromatic N) is 1. The van der Waals surface area contributed by atoms with Gasteiger partial charge in [-0.1, -0.05) is 26.0 Å². The van der Waals surface area contributed by atoms with Crippen LogP contribution in [0.25, 0.3) is 0 Å². The monoisotopic (exact) mass is 276 g/mol. The molecule has 1 saturated heterocycles. The van der Waals surface area contributed by atoms with Gasteiger partial charge in [0.2, 0.25) is 0 Å². The van der Waals surface area contributed by atoms with E-state index in [1.54, 1.807) is 0 Å². The van der Waals surface area contributed by atoms with E-state index in [9.17, 15) is 0 Å². The molecule has 0 aliphatic carbocycles. The van der Waals surface area contributed by atoms with Crippen LogP contribution in [0, 0.1) is 11.8 Å². The Kier molecular flexibility index (Phi) is 5.06. The average Bonchev–Trinajstić information content (AvgIpc) is 2.70. The standard InChI is InChI=1S/C17H28N2O/c1-12(2)20-16-7-5-6-15(8-16)17(9-18)19-10-13(3)14(4)11-19/h5-8,12-14,17H,9-11,18H2,1-4H3. The lowest BCUT2D eigenvalue weighted by Gasteiger charge is -2.27. The van der Waals surface area contributed by atoms with E-state index in [1.807, 2.05) is 6.07 Å². The van der Waals surface area contributed by atoms with Crippen molar-refractivity contribution in [3.63, 3.8) is 0 Å². The highest BCUT2D eigenvalue weighted by atomic mass is 16.5. The second-order valence-corrected chi connectivity index (χ2v) is 6.40. The minimum Gasteiger partial charge on any atom is -0.491 e. The molecule has 1 aliphatic heterocycles. The fourth-order valence-corrected chi connectivity index (χ4v) is 2.99. The van der Waals surface area contributed by atoms with Crippen molar-refractivity contribution in [3.05, 3.63) is 29.8 Å². The Balaban J connectivity index is 2.15. The van der Waals surface area contributed by atoms with Crippen LogP contribution in [-0.4, -0.2) is 30.6 Å². The van der Waals surface area contributed by atoms with Crippen molar-refractivity contribution in [2.24, 2.45) is 17.6 Å². The van der Waals surface area contributed by atoms with Crippen molar-refractivity contribution in [1.29, 1.82) is 0 Å². The lowest BCUT2D eigenvalue weighted by molar-refractivity contribution is 0.232. The van der Waals surface area contributed by atoms with Gasteiger partial charge in [0.25, 0.3) is 0 Å². The summed E-state index contributed by atoms with van der Waals surface area (Å²) in [6.45, 7) is 11.7. The molecule has 3 atom stereocenters. The second-order valence-electron chi connectivity index (χ2n) is 6.40. The van der Waals surface area contributed by atoms with Gasteiger partial charge in [-0.3, -0.25) is 4.90 Å². The molecule has 20 heavy (non-hydrogen) atoms. The first-order valence-electron chi connectivity index (χ1n) is 7.72. The van der Waals surface area contributed by atoms with Gasteiger partial charge in [0.1, 0.15) is 5.75 Å². The summed E-state index contributed by atoms with van der Waals surface area (Å²) in [5.74, 6) is 2.44. The van der Waals surface area contributed by atoms with Crippen LogP contribution in [0.5, 0.6) is 5.75 Å². The van der Waals surface area contributed by atoms with E-state index in [0.717, 1.165) is 30.7 Å². The number of hydrogen-bond acceptors (Lipinski definition) is 3. The van der Waals surface area contributed by atoms with Gasteiger partial charge < -0.3 is 10.5 Å². The molecule has 112 valence electrons. The predicted octanol–water partition coefficient (Wildman–Crippen LogP) is 3.06. The Morgan fingerprint density at radius 2 is 1.90 bits per heavy atom. The van der Waals surface area contributed by atoms with Gasteiger partial charge in [-0.25, -0.2) is 0 Å². The summed E-state index contributed by atoms with van der Waals surface area (Å²) < 4.78 is 5.80. The topological polar surface area (TPSA) is 38.5 Å². The average molecular weight is 276 g/mol. The van der Waals surface area contributed by atoms with Crippen LogP contribution >= 0.6 is 0 Å². The zero-order valence-corrected chi connectivity index (χ0v) is 13.2. The van der Waals surface area contributed by atoms with Crippen molar-refractivity contribution in [1.82, 2.24) is 4.90 Å². The number of nitrogens with two attached hydrogens (primary N) is 1. The van der Waals surface area contributed by atoms with Crippen molar-refractivity contribution < 1.29 is 4.74 Å². The smallest absolute Gasteiger partial charge is 0.120 e. The third-order valence-electron chi connectivity index (χ3n) is 4.30. The largest absolute Gasteiger partial charge is 0.491 e. The van der Waals surface area contributed by atoms with Gasteiger partial charge in [-0.05, 0) is 43.4 Å². The molecule has 2 rings (SSSR count). The first kappa shape index (κ1) is 15.3. The molecule has 2 N–H and O–H groups in total. The van der Waals surface area contributed by atoms with Gasteiger partial charge in [0.05, 0.1) is 6.10 Å². The Bertz CT molecular complexity index is 423. The summed E-state index contributed by atoms with van der Waals surface area (Å²) >= 11 is 0. The Morgan fingerprint density at radius 1 is 1.25 bits per heavy atom. The van der Waals surface area contributed by atoms with E-state index in [1.165, 1.54) is 5.56 Å². The molecule has 0 radical (unpaired) electrons. The third kappa shape index (κ3) is 3.53. The van der Waals surface area contributed by atoms with Crippen LogP contribution in [0.1, 0.15) is 39.3 Å². The molecule has 0 bridgehead atoms. The minimum absolute atomic E-state index is 0.202. The Morgan fingerprint density at radius 3 is 2.45 bits per heavy atom. The zero-order valence-electron chi connectivity index (χ0n) is 13.2. The zero-order chi connectivity index (χ0) is 14.7. The molecule has 1 aliphatic rings. The lowest BCUT2D eigenvalue weighted by atomic mass is 10.0.